The number of nitrogens with one attached hydrogen (secondary N) is 1. The number of pyridine rings is 1. The van der Waals surface area contributed by atoms with Gasteiger partial charge in [-0.15, -0.1) is 0 Å². The highest BCUT2D eigenvalue weighted by molar-refractivity contribution is 6.31. The van der Waals surface area contributed by atoms with Gasteiger partial charge in [0.15, 0.2) is 0 Å². The van der Waals surface area contributed by atoms with Crippen LogP contribution in [0.4, 0.5) is 0 Å². The molecule has 2 aromatic carbocycles. The highest BCUT2D eigenvalue weighted by atomic mass is 35.5. The maximum atomic E-state index is 13.0. The van der Waals surface area contributed by atoms with Crippen LogP contribution in [0.2, 0.25) is 5.02 Å². The molecular formula is C29H34ClN3O4. The number of piperidine rings is 1. The molecule has 0 radical (unpaired) electrons. The van der Waals surface area contributed by atoms with E-state index in [0.29, 0.717) is 70.6 Å². The van der Waals surface area contributed by atoms with E-state index < -0.39 is 0 Å². The van der Waals surface area contributed by atoms with E-state index in [2.05, 4.69) is 22.2 Å². The van der Waals surface area contributed by atoms with Gasteiger partial charge in [0.1, 0.15) is 23.0 Å². The molecule has 0 bridgehead atoms. The summed E-state index contributed by atoms with van der Waals surface area (Å²) in [6, 6.07) is 10.7. The smallest absolute Gasteiger partial charge is 0.255 e. The van der Waals surface area contributed by atoms with Crippen molar-refractivity contribution in [2.75, 3.05) is 33.3 Å². The minimum absolute atomic E-state index is 0.127. The van der Waals surface area contributed by atoms with Gasteiger partial charge in [-0.25, -0.2) is 0 Å². The van der Waals surface area contributed by atoms with Crippen LogP contribution in [-0.4, -0.2) is 54.9 Å². The van der Waals surface area contributed by atoms with Crippen molar-refractivity contribution in [2.45, 2.75) is 39.5 Å². The number of ketones is 1. The largest absolute Gasteiger partial charge is 0.492 e. The molecule has 1 fully saturated rings. The van der Waals surface area contributed by atoms with E-state index in [9.17, 15) is 9.59 Å². The molecule has 1 N–H and O–H groups in total. The van der Waals surface area contributed by atoms with E-state index >= 15 is 0 Å². The third-order valence-corrected chi connectivity index (χ3v) is 7.08. The molecular weight excluding hydrogens is 490 g/mol. The molecule has 196 valence electrons. The van der Waals surface area contributed by atoms with E-state index in [1.165, 1.54) is 0 Å². The van der Waals surface area contributed by atoms with Gasteiger partial charge in [0.05, 0.1) is 17.7 Å². The molecule has 0 unspecified atom stereocenters. The van der Waals surface area contributed by atoms with Crippen molar-refractivity contribution >= 4 is 34.2 Å². The van der Waals surface area contributed by atoms with Crippen LogP contribution < -0.4 is 14.8 Å². The van der Waals surface area contributed by atoms with Gasteiger partial charge in [-0.05, 0) is 75.6 Å². The number of carbonyl (C=O) groups excluding carboxylic acids is 2. The number of halogens is 1. The number of aromatic nitrogens is 1. The molecule has 37 heavy (non-hydrogen) atoms. The number of Topliss-reactive ketones (excluding diaryl/α,β-unsaturated/α-hetero) is 1. The Bertz CT molecular complexity index is 1270. The summed E-state index contributed by atoms with van der Waals surface area (Å²) >= 11 is 6.43. The summed E-state index contributed by atoms with van der Waals surface area (Å²) in [4.78, 5) is 31.6. The second-order valence-electron chi connectivity index (χ2n) is 9.52. The lowest BCUT2D eigenvalue weighted by molar-refractivity contribution is -0.118. The van der Waals surface area contributed by atoms with Crippen LogP contribution in [0.3, 0.4) is 0 Å². The number of benzene rings is 2. The highest BCUT2D eigenvalue weighted by Gasteiger charge is 2.21. The van der Waals surface area contributed by atoms with E-state index in [0.717, 1.165) is 31.5 Å². The average Bonchev–Trinajstić information content (AvgIpc) is 2.89. The molecule has 1 aromatic heterocycles. The summed E-state index contributed by atoms with van der Waals surface area (Å²) in [6.07, 6.45) is 4.58. The lowest BCUT2D eigenvalue weighted by Crippen LogP contribution is -2.32. The molecule has 2 heterocycles. The Morgan fingerprint density at radius 1 is 1.11 bits per heavy atom. The molecule has 0 saturated carbocycles. The van der Waals surface area contributed by atoms with E-state index in [1.54, 1.807) is 30.5 Å². The number of hydrogen-bond acceptors (Lipinski definition) is 6. The number of ether oxygens (including phenoxy) is 2. The van der Waals surface area contributed by atoms with Gasteiger partial charge in [0.2, 0.25) is 0 Å². The SMILES string of the molecule is CCNC(=O)c1cc2c(Oc3ccc(CC(=O)CC)c(Cl)c3)ccnc2cc1OCC1CCN(C)CC1. The quantitative estimate of drug-likeness (QED) is 0.368. The Hall–Kier alpha value is -3.16. The standard InChI is InChI=1S/C29H34ClN3O4/c1-4-21(34)14-20-6-7-22(15-25(20)30)37-27-8-11-32-26-17-28(24(16-23(26)27)29(35)31-5-2)36-18-19-9-12-33(3)13-10-19/h6-8,11,15-17,19H,4-5,9-10,12-14,18H2,1-3H3,(H,31,35). The van der Waals surface area contributed by atoms with Gasteiger partial charge in [-0.2, -0.15) is 0 Å². The van der Waals surface area contributed by atoms with Crippen molar-refractivity contribution in [3.05, 3.63) is 58.7 Å². The fourth-order valence-electron chi connectivity index (χ4n) is 4.43. The zero-order valence-corrected chi connectivity index (χ0v) is 22.4. The lowest BCUT2D eigenvalue weighted by atomic mass is 9.98. The molecule has 3 aromatic rings. The summed E-state index contributed by atoms with van der Waals surface area (Å²) in [7, 11) is 2.13. The molecule has 0 atom stereocenters. The monoisotopic (exact) mass is 523 g/mol. The Morgan fingerprint density at radius 3 is 2.59 bits per heavy atom. The first-order chi connectivity index (χ1) is 17.9. The number of fused-ring (bicyclic) bond motifs is 1. The van der Waals surface area contributed by atoms with Crippen LogP contribution in [-0.2, 0) is 11.2 Å². The molecule has 7 nitrogen and oxygen atoms in total. The maximum absolute atomic E-state index is 13.0. The second kappa shape index (κ2) is 12.4. The van der Waals surface area contributed by atoms with Gasteiger partial charge in [0.25, 0.3) is 5.91 Å². The van der Waals surface area contributed by atoms with Crippen molar-refractivity contribution in [1.82, 2.24) is 15.2 Å². The Balaban J connectivity index is 1.61. The van der Waals surface area contributed by atoms with Crippen molar-refractivity contribution < 1.29 is 19.1 Å². The van der Waals surface area contributed by atoms with Crippen molar-refractivity contribution in [2.24, 2.45) is 5.92 Å². The third-order valence-electron chi connectivity index (χ3n) is 6.73. The van der Waals surface area contributed by atoms with Crippen LogP contribution in [0, 0.1) is 5.92 Å². The number of hydrogen-bond donors (Lipinski definition) is 1. The molecule has 1 saturated heterocycles. The van der Waals surface area contributed by atoms with E-state index in [1.807, 2.05) is 26.0 Å². The molecule has 8 heteroatoms. The molecule has 0 spiro atoms. The second-order valence-corrected chi connectivity index (χ2v) is 9.92. The van der Waals surface area contributed by atoms with E-state index in [4.69, 9.17) is 21.1 Å². The number of rotatable bonds is 10. The third kappa shape index (κ3) is 6.79. The number of carbonyl (C=O) groups is 2. The number of likely N-dealkylation sites (tertiary alicyclic amines) is 1. The topological polar surface area (TPSA) is 80.8 Å². The Kier molecular flexibility index (Phi) is 9.00. The van der Waals surface area contributed by atoms with Crippen LogP contribution in [0.25, 0.3) is 10.9 Å². The van der Waals surface area contributed by atoms with Crippen LogP contribution in [0.15, 0.2) is 42.6 Å². The first kappa shape index (κ1) is 26.9. The van der Waals surface area contributed by atoms with Crippen molar-refractivity contribution in [1.29, 1.82) is 0 Å². The van der Waals surface area contributed by atoms with E-state index in [-0.39, 0.29) is 11.7 Å². The maximum Gasteiger partial charge on any atom is 0.255 e. The van der Waals surface area contributed by atoms with Gasteiger partial charge in [-0.1, -0.05) is 24.6 Å². The summed E-state index contributed by atoms with van der Waals surface area (Å²) < 4.78 is 12.4. The molecule has 1 aliphatic rings. The van der Waals surface area contributed by atoms with Gasteiger partial charge in [-0.3, -0.25) is 14.6 Å². The van der Waals surface area contributed by atoms with Gasteiger partial charge >= 0.3 is 0 Å². The Labute approximate surface area is 223 Å². The first-order valence-electron chi connectivity index (χ1n) is 12.9. The molecule has 0 aliphatic carbocycles. The molecule has 1 amide bonds. The highest BCUT2D eigenvalue weighted by Crippen LogP contribution is 2.35. The summed E-state index contributed by atoms with van der Waals surface area (Å²) in [5.41, 5.74) is 1.89. The molecule has 4 rings (SSSR count). The van der Waals surface area contributed by atoms with Crippen LogP contribution in [0.1, 0.15) is 49.0 Å². The van der Waals surface area contributed by atoms with Crippen LogP contribution >= 0.6 is 11.6 Å². The number of amides is 1. The zero-order chi connectivity index (χ0) is 26.4. The van der Waals surface area contributed by atoms with Gasteiger partial charge in [0, 0.05) is 42.1 Å². The average molecular weight is 524 g/mol. The zero-order valence-electron chi connectivity index (χ0n) is 21.7. The normalized spacial score (nSPS) is 14.5. The first-order valence-corrected chi connectivity index (χ1v) is 13.3. The predicted octanol–water partition coefficient (Wildman–Crippen LogP) is 5.67. The minimum Gasteiger partial charge on any atom is -0.492 e. The number of nitrogens with zero attached hydrogens (tertiary/aromatic N) is 2. The lowest BCUT2D eigenvalue weighted by Gasteiger charge is -2.29. The predicted molar refractivity (Wildman–Crippen MR) is 146 cm³/mol. The van der Waals surface area contributed by atoms with Crippen molar-refractivity contribution in [3.8, 4) is 17.2 Å². The summed E-state index contributed by atoms with van der Waals surface area (Å²) in [6.45, 7) is 6.90. The Morgan fingerprint density at radius 2 is 1.89 bits per heavy atom. The summed E-state index contributed by atoms with van der Waals surface area (Å²) in [5, 5.41) is 4.05. The summed E-state index contributed by atoms with van der Waals surface area (Å²) in [5.74, 6) is 1.98. The van der Waals surface area contributed by atoms with Gasteiger partial charge < -0.3 is 19.7 Å². The fourth-order valence-corrected chi connectivity index (χ4v) is 4.66. The fraction of sp³-hybridized carbons (Fsp3) is 0.414. The molecule has 1 aliphatic heterocycles. The van der Waals surface area contributed by atoms with Crippen LogP contribution in [0.5, 0.6) is 17.2 Å². The minimum atomic E-state index is -0.203. The van der Waals surface area contributed by atoms with Crippen molar-refractivity contribution in [3.63, 3.8) is 0 Å².